The van der Waals surface area contributed by atoms with Crippen molar-refractivity contribution < 1.29 is 22.8 Å². The molecule has 0 bridgehead atoms. The highest BCUT2D eigenvalue weighted by Crippen LogP contribution is 2.36. The number of hydrogen-bond acceptors (Lipinski definition) is 5. The first-order valence-electron chi connectivity index (χ1n) is 9.82. The Morgan fingerprint density at radius 3 is 2.67 bits per heavy atom. The van der Waals surface area contributed by atoms with Crippen LogP contribution in [-0.2, 0) is 15.8 Å². The van der Waals surface area contributed by atoms with E-state index in [2.05, 4.69) is 15.0 Å². The number of amides is 1. The molecule has 0 aliphatic carbocycles. The SMILES string of the molecule is CC(=O)CCCC(=O)N1CCC[C@H](c2cc(C(F)(F)F)c3c(=O)[nH]c(C)nc3n2)C1. The Bertz CT molecular complexity index is 1030. The van der Waals surface area contributed by atoms with Gasteiger partial charge in [-0.05, 0) is 39.2 Å². The summed E-state index contributed by atoms with van der Waals surface area (Å²) in [5.74, 6) is -0.320. The Morgan fingerprint density at radius 2 is 2.00 bits per heavy atom. The minimum Gasteiger partial charge on any atom is -0.342 e. The second kappa shape index (κ2) is 8.53. The number of halogens is 3. The van der Waals surface area contributed by atoms with Crippen molar-refractivity contribution in [2.45, 2.75) is 58.0 Å². The van der Waals surface area contributed by atoms with Gasteiger partial charge in [0.05, 0.1) is 10.9 Å². The number of H-pyrrole nitrogens is 1. The first-order valence-corrected chi connectivity index (χ1v) is 9.82. The van der Waals surface area contributed by atoms with Crippen molar-refractivity contribution >= 4 is 22.7 Å². The van der Waals surface area contributed by atoms with E-state index in [0.717, 1.165) is 6.07 Å². The summed E-state index contributed by atoms with van der Waals surface area (Å²) in [6, 6.07) is 0.906. The van der Waals surface area contributed by atoms with Crippen LogP contribution >= 0.6 is 0 Å². The molecule has 1 atom stereocenters. The van der Waals surface area contributed by atoms with Crippen LogP contribution in [0, 0.1) is 6.92 Å². The number of carbonyl (C=O) groups excluding carboxylic acids is 2. The van der Waals surface area contributed by atoms with Crippen molar-refractivity contribution in [3.8, 4) is 0 Å². The molecule has 0 spiro atoms. The predicted molar refractivity (Wildman–Crippen MR) is 103 cm³/mol. The topological polar surface area (TPSA) is 96.0 Å². The quantitative estimate of drug-likeness (QED) is 0.796. The number of alkyl halides is 3. The second-order valence-electron chi connectivity index (χ2n) is 7.68. The smallest absolute Gasteiger partial charge is 0.342 e. The third-order valence-corrected chi connectivity index (χ3v) is 5.23. The van der Waals surface area contributed by atoms with Crippen molar-refractivity contribution in [1.82, 2.24) is 19.9 Å². The number of nitrogens with one attached hydrogen (secondary N) is 1. The average Bonchev–Trinajstić information content (AvgIpc) is 2.65. The number of nitrogens with zero attached hydrogens (tertiary/aromatic N) is 3. The number of aromatic nitrogens is 3. The number of hydrogen-bond donors (Lipinski definition) is 1. The zero-order valence-corrected chi connectivity index (χ0v) is 16.8. The zero-order chi connectivity index (χ0) is 22.1. The van der Waals surface area contributed by atoms with Crippen LogP contribution in [-0.4, -0.2) is 44.6 Å². The average molecular weight is 424 g/mol. The van der Waals surface area contributed by atoms with Gasteiger partial charge in [0.2, 0.25) is 5.91 Å². The lowest BCUT2D eigenvalue weighted by atomic mass is 9.92. The Morgan fingerprint density at radius 1 is 1.27 bits per heavy atom. The molecule has 1 aliphatic heterocycles. The number of ketones is 1. The Balaban J connectivity index is 1.91. The minimum atomic E-state index is -4.74. The lowest BCUT2D eigenvalue weighted by Crippen LogP contribution is -2.39. The lowest BCUT2D eigenvalue weighted by Gasteiger charge is -2.33. The van der Waals surface area contributed by atoms with E-state index in [-0.39, 0.29) is 47.7 Å². The third kappa shape index (κ3) is 4.85. The van der Waals surface area contributed by atoms with Gasteiger partial charge in [0.25, 0.3) is 5.56 Å². The molecule has 1 N–H and O–H groups in total. The van der Waals surface area contributed by atoms with Crippen LogP contribution < -0.4 is 5.56 Å². The van der Waals surface area contributed by atoms with Crippen LogP contribution in [0.25, 0.3) is 11.0 Å². The van der Waals surface area contributed by atoms with E-state index in [4.69, 9.17) is 0 Å². The molecule has 0 radical (unpaired) electrons. The summed E-state index contributed by atoms with van der Waals surface area (Å²) in [5, 5.41) is -0.579. The number of aromatic amines is 1. The van der Waals surface area contributed by atoms with Gasteiger partial charge in [-0.1, -0.05) is 0 Å². The maximum atomic E-state index is 13.7. The van der Waals surface area contributed by atoms with Crippen molar-refractivity contribution in [2.24, 2.45) is 0 Å². The number of aryl methyl sites for hydroxylation is 1. The van der Waals surface area contributed by atoms with Crippen molar-refractivity contribution in [3.05, 3.63) is 33.5 Å². The number of pyridine rings is 1. The molecule has 1 saturated heterocycles. The predicted octanol–water partition coefficient (Wildman–Crippen LogP) is 3.11. The van der Waals surface area contributed by atoms with Crippen LogP contribution in [0.4, 0.5) is 13.2 Å². The molecule has 2 aromatic heterocycles. The van der Waals surface area contributed by atoms with Gasteiger partial charge in [0, 0.05) is 37.5 Å². The fourth-order valence-electron chi connectivity index (χ4n) is 3.79. The summed E-state index contributed by atoms with van der Waals surface area (Å²) in [6.45, 7) is 3.71. The van der Waals surface area contributed by atoms with Gasteiger partial charge in [-0.25, -0.2) is 9.97 Å². The number of Topliss-reactive ketones (excluding diaryl/α,β-unsaturated/α-hetero) is 1. The van der Waals surface area contributed by atoms with Crippen LogP contribution in [0.1, 0.15) is 62.0 Å². The summed E-state index contributed by atoms with van der Waals surface area (Å²) >= 11 is 0. The van der Waals surface area contributed by atoms with E-state index < -0.39 is 22.7 Å². The van der Waals surface area contributed by atoms with Crippen molar-refractivity contribution in [2.75, 3.05) is 13.1 Å². The zero-order valence-electron chi connectivity index (χ0n) is 16.8. The summed E-state index contributed by atoms with van der Waals surface area (Å²) in [5.41, 5.74) is -2.02. The molecule has 1 fully saturated rings. The molecule has 3 heterocycles. The molecule has 0 unspecified atom stereocenters. The number of piperidine rings is 1. The van der Waals surface area contributed by atoms with Gasteiger partial charge in [0.1, 0.15) is 11.6 Å². The Labute approximate surface area is 170 Å². The highest BCUT2D eigenvalue weighted by molar-refractivity contribution is 5.80. The van der Waals surface area contributed by atoms with Crippen molar-refractivity contribution in [3.63, 3.8) is 0 Å². The van der Waals surface area contributed by atoms with Crippen LogP contribution in [0.15, 0.2) is 10.9 Å². The van der Waals surface area contributed by atoms with Gasteiger partial charge in [0.15, 0.2) is 5.65 Å². The summed E-state index contributed by atoms with van der Waals surface area (Å²) in [4.78, 5) is 47.8. The molecule has 30 heavy (non-hydrogen) atoms. The Hall–Kier alpha value is -2.78. The summed E-state index contributed by atoms with van der Waals surface area (Å²) in [6.07, 6.45) is -2.53. The molecule has 7 nitrogen and oxygen atoms in total. The van der Waals surface area contributed by atoms with Crippen LogP contribution in [0.5, 0.6) is 0 Å². The van der Waals surface area contributed by atoms with Gasteiger partial charge < -0.3 is 14.7 Å². The molecule has 10 heteroatoms. The van der Waals surface area contributed by atoms with Gasteiger partial charge in [-0.15, -0.1) is 0 Å². The second-order valence-corrected chi connectivity index (χ2v) is 7.68. The maximum absolute atomic E-state index is 13.7. The maximum Gasteiger partial charge on any atom is 0.417 e. The van der Waals surface area contributed by atoms with E-state index >= 15 is 0 Å². The molecule has 3 rings (SSSR count). The van der Waals surface area contributed by atoms with E-state index in [1.807, 2.05) is 0 Å². The molecule has 0 saturated carbocycles. The van der Waals surface area contributed by atoms with Crippen LogP contribution in [0.2, 0.25) is 0 Å². The molecular weight excluding hydrogens is 401 g/mol. The number of carbonyl (C=O) groups is 2. The highest BCUT2D eigenvalue weighted by Gasteiger charge is 2.36. The highest BCUT2D eigenvalue weighted by atomic mass is 19.4. The summed E-state index contributed by atoms with van der Waals surface area (Å²) in [7, 11) is 0. The minimum absolute atomic E-state index is 0.0112. The lowest BCUT2D eigenvalue weighted by molar-refractivity contribution is -0.136. The molecule has 1 aliphatic rings. The van der Waals surface area contributed by atoms with E-state index in [0.29, 0.717) is 32.2 Å². The molecule has 1 amide bonds. The van der Waals surface area contributed by atoms with E-state index in [1.54, 1.807) is 4.90 Å². The molecule has 0 aromatic carbocycles. The largest absolute Gasteiger partial charge is 0.417 e. The van der Waals surface area contributed by atoms with Crippen LogP contribution in [0.3, 0.4) is 0 Å². The van der Waals surface area contributed by atoms with Gasteiger partial charge >= 0.3 is 6.18 Å². The normalized spacial score (nSPS) is 17.4. The van der Waals surface area contributed by atoms with Gasteiger partial charge in [-0.2, -0.15) is 13.2 Å². The van der Waals surface area contributed by atoms with Gasteiger partial charge in [-0.3, -0.25) is 9.59 Å². The first kappa shape index (κ1) is 21.9. The van der Waals surface area contributed by atoms with E-state index in [1.165, 1.54) is 13.8 Å². The molecule has 162 valence electrons. The fraction of sp³-hybridized carbons (Fsp3) is 0.550. The number of fused-ring (bicyclic) bond motifs is 1. The van der Waals surface area contributed by atoms with E-state index in [9.17, 15) is 27.6 Å². The third-order valence-electron chi connectivity index (χ3n) is 5.23. The summed E-state index contributed by atoms with van der Waals surface area (Å²) < 4.78 is 41.0. The monoisotopic (exact) mass is 424 g/mol. The Kier molecular flexibility index (Phi) is 6.23. The number of rotatable bonds is 5. The number of likely N-dealkylation sites (tertiary alicyclic amines) is 1. The fourth-order valence-corrected chi connectivity index (χ4v) is 3.79. The van der Waals surface area contributed by atoms with Crippen molar-refractivity contribution in [1.29, 1.82) is 0 Å². The molecular formula is C20H23F3N4O3. The first-order chi connectivity index (χ1) is 14.1. The standard InChI is InChI=1S/C20H23F3N4O3/c1-11(28)5-3-7-16(29)27-8-4-6-13(10-27)15-9-14(20(21,22)23)17-18(26-15)24-12(2)25-19(17)30/h9,13H,3-8,10H2,1-2H3,(H,24,25,26,30)/t13-/m0/s1. The molecule has 2 aromatic rings.